The van der Waals surface area contributed by atoms with Gasteiger partial charge in [0.25, 0.3) is 0 Å². The number of hydrogen-bond acceptors (Lipinski definition) is 3. The molecule has 15 heavy (non-hydrogen) atoms. The highest BCUT2D eigenvalue weighted by atomic mass is 16.3. The summed E-state index contributed by atoms with van der Waals surface area (Å²) in [5.41, 5.74) is 2.23. The van der Waals surface area contributed by atoms with E-state index in [-0.39, 0.29) is 0 Å². The van der Waals surface area contributed by atoms with Crippen molar-refractivity contribution in [3.8, 4) is 0 Å². The lowest BCUT2D eigenvalue weighted by molar-refractivity contribution is 0.141. The normalized spacial score (nSPS) is 25.4. The molecule has 0 radical (unpaired) electrons. The zero-order valence-corrected chi connectivity index (χ0v) is 8.37. The lowest BCUT2D eigenvalue weighted by Crippen LogP contribution is -2.25. The molecule has 4 nitrogen and oxygen atoms in total. The summed E-state index contributed by atoms with van der Waals surface area (Å²) in [6, 6.07) is 0. The number of rotatable bonds is 2. The van der Waals surface area contributed by atoms with Crippen molar-refractivity contribution in [2.45, 2.75) is 18.8 Å². The number of hydrogen-bond donors (Lipinski definition) is 1. The molecule has 1 aliphatic carbocycles. The number of nitrogens with zero attached hydrogens (tertiary/aromatic N) is 3. The largest absolute Gasteiger partial charge is 0.396 e. The van der Waals surface area contributed by atoms with Crippen molar-refractivity contribution in [3.63, 3.8) is 0 Å². The van der Waals surface area contributed by atoms with Crippen molar-refractivity contribution >= 4 is 5.52 Å². The second-order valence-corrected chi connectivity index (χ2v) is 4.22. The molecule has 0 amide bonds. The summed E-state index contributed by atoms with van der Waals surface area (Å²) in [4.78, 5) is 8.54. The van der Waals surface area contributed by atoms with E-state index in [0.29, 0.717) is 18.4 Å². The molecule has 1 aliphatic rings. The van der Waals surface area contributed by atoms with E-state index in [1.807, 2.05) is 23.1 Å². The van der Waals surface area contributed by atoms with E-state index in [4.69, 9.17) is 5.11 Å². The maximum absolute atomic E-state index is 8.98. The molecule has 3 rings (SSSR count). The fraction of sp³-hybridized carbons (Fsp3) is 0.455. The van der Waals surface area contributed by atoms with E-state index >= 15 is 0 Å². The average Bonchev–Trinajstić information content (AvgIpc) is 2.61. The molecule has 0 spiro atoms. The molecular weight excluding hydrogens is 190 g/mol. The first kappa shape index (κ1) is 8.85. The van der Waals surface area contributed by atoms with Gasteiger partial charge in [-0.05, 0) is 18.8 Å². The molecule has 1 fully saturated rings. The van der Waals surface area contributed by atoms with Gasteiger partial charge in [0.05, 0.1) is 23.7 Å². The Kier molecular flexibility index (Phi) is 1.95. The van der Waals surface area contributed by atoms with Gasteiger partial charge in [0.15, 0.2) is 0 Å². The first-order valence-electron chi connectivity index (χ1n) is 5.26. The Hall–Kier alpha value is -1.42. The predicted molar refractivity (Wildman–Crippen MR) is 55.5 cm³/mol. The van der Waals surface area contributed by atoms with E-state index in [1.165, 1.54) is 0 Å². The van der Waals surface area contributed by atoms with Crippen LogP contribution in [0.3, 0.4) is 0 Å². The van der Waals surface area contributed by atoms with Crippen molar-refractivity contribution < 1.29 is 5.11 Å². The first-order valence-corrected chi connectivity index (χ1v) is 5.26. The van der Waals surface area contributed by atoms with Crippen molar-refractivity contribution in [3.05, 3.63) is 30.6 Å². The monoisotopic (exact) mass is 203 g/mol. The molecule has 0 aromatic carbocycles. The van der Waals surface area contributed by atoms with Crippen LogP contribution in [0.4, 0.5) is 0 Å². The van der Waals surface area contributed by atoms with Crippen LogP contribution in [0.2, 0.25) is 0 Å². The first-order chi connectivity index (χ1) is 7.38. The Labute approximate surface area is 87.6 Å². The Morgan fingerprint density at radius 3 is 3.13 bits per heavy atom. The third-order valence-corrected chi connectivity index (χ3v) is 3.25. The molecular formula is C11H13N3O. The highest BCUT2D eigenvalue weighted by molar-refractivity contribution is 5.51. The van der Waals surface area contributed by atoms with Gasteiger partial charge in [-0.15, -0.1) is 0 Å². The van der Waals surface area contributed by atoms with Crippen LogP contribution in [0, 0.1) is 5.92 Å². The Morgan fingerprint density at radius 1 is 1.47 bits per heavy atom. The predicted octanol–water partition coefficient (Wildman–Crippen LogP) is 1.22. The quantitative estimate of drug-likeness (QED) is 0.798. The summed E-state index contributed by atoms with van der Waals surface area (Å²) in [5, 5.41) is 8.98. The van der Waals surface area contributed by atoms with E-state index < -0.39 is 0 Å². The molecule has 0 bridgehead atoms. The Balaban J connectivity index is 1.92. The van der Waals surface area contributed by atoms with Gasteiger partial charge in [-0.2, -0.15) is 0 Å². The number of aromatic nitrogens is 3. The lowest BCUT2D eigenvalue weighted by Gasteiger charge is -2.32. The average molecular weight is 203 g/mol. The molecule has 2 heterocycles. The summed E-state index contributed by atoms with van der Waals surface area (Å²) >= 11 is 0. The summed E-state index contributed by atoms with van der Waals surface area (Å²) in [7, 11) is 0. The highest BCUT2D eigenvalue weighted by Crippen LogP contribution is 2.41. The lowest BCUT2D eigenvalue weighted by atomic mass is 9.73. The molecule has 2 aromatic rings. The standard InChI is InChI=1S/C11H13N3O/c15-6-8-3-9(4-8)11-10-5-12-1-2-14(10)7-13-11/h1-2,5,7-9,15H,3-4,6H2. The van der Waals surface area contributed by atoms with Gasteiger partial charge in [-0.3, -0.25) is 4.98 Å². The second kappa shape index (κ2) is 3.31. The third kappa shape index (κ3) is 1.33. The minimum absolute atomic E-state index is 0.306. The van der Waals surface area contributed by atoms with E-state index in [9.17, 15) is 0 Å². The van der Waals surface area contributed by atoms with Gasteiger partial charge in [-0.1, -0.05) is 0 Å². The van der Waals surface area contributed by atoms with Gasteiger partial charge in [-0.25, -0.2) is 4.98 Å². The van der Waals surface area contributed by atoms with Gasteiger partial charge in [0, 0.05) is 24.9 Å². The van der Waals surface area contributed by atoms with E-state index in [0.717, 1.165) is 24.1 Å². The maximum atomic E-state index is 8.98. The zero-order valence-electron chi connectivity index (χ0n) is 8.37. The molecule has 4 heteroatoms. The smallest absolute Gasteiger partial charge is 0.0996 e. The van der Waals surface area contributed by atoms with Crippen molar-refractivity contribution in [2.75, 3.05) is 6.61 Å². The number of imidazole rings is 1. The Morgan fingerprint density at radius 2 is 2.33 bits per heavy atom. The van der Waals surface area contributed by atoms with Crippen LogP contribution in [-0.2, 0) is 0 Å². The fourth-order valence-corrected chi connectivity index (χ4v) is 2.28. The minimum Gasteiger partial charge on any atom is -0.396 e. The van der Waals surface area contributed by atoms with Crippen LogP contribution in [0.5, 0.6) is 0 Å². The summed E-state index contributed by atoms with van der Waals surface area (Å²) in [6.45, 7) is 0.306. The zero-order chi connectivity index (χ0) is 10.3. The van der Waals surface area contributed by atoms with Crippen LogP contribution < -0.4 is 0 Å². The summed E-state index contributed by atoms with van der Waals surface area (Å²) in [5.74, 6) is 0.986. The molecule has 0 unspecified atom stereocenters. The van der Waals surface area contributed by atoms with Crippen LogP contribution in [0.25, 0.3) is 5.52 Å². The summed E-state index contributed by atoms with van der Waals surface area (Å²) in [6.07, 6.45) is 9.47. The van der Waals surface area contributed by atoms with Gasteiger partial charge >= 0.3 is 0 Å². The molecule has 0 atom stereocenters. The SMILES string of the molecule is OCC1CC(c2ncn3ccncc23)C1. The van der Waals surface area contributed by atoms with Gasteiger partial charge in [0.2, 0.25) is 0 Å². The molecule has 78 valence electrons. The molecule has 2 aromatic heterocycles. The summed E-state index contributed by atoms with van der Waals surface area (Å²) < 4.78 is 1.99. The fourth-order valence-electron chi connectivity index (χ4n) is 2.28. The van der Waals surface area contributed by atoms with Crippen molar-refractivity contribution in [1.82, 2.24) is 14.4 Å². The number of aliphatic hydroxyl groups excluding tert-OH is 1. The minimum atomic E-state index is 0.306. The topological polar surface area (TPSA) is 50.4 Å². The van der Waals surface area contributed by atoms with Crippen LogP contribution in [-0.4, -0.2) is 26.1 Å². The third-order valence-electron chi connectivity index (χ3n) is 3.25. The van der Waals surface area contributed by atoms with Crippen molar-refractivity contribution in [1.29, 1.82) is 0 Å². The van der Waals surface area contributed by atoms with Crippen LogP contribution >= 0.6 is 0 Å². The number of fused-ring (bicyclic) bond motifs is 1. The maximum Gasteiger partial charge on any atom is 0.0996 e. The van der Waals surface area contributed by atoms with E-state index in [2.05, 4.69) is 9.97 Å². The van der Waals surface area contributed by atoms with Crippen molar-refractivity contribution in [2.24, 2.45) is 5.92 Å². The van der Waals surface area contributed by atoms with Gasteiger partial charge < -0.3 is 9.51 Å². The van der Waals surface area contributed by atoms with Gasteiger partial charge in [0.1, 0.15) is 0 Å². The van der Waals surface area contributed by atoms with E-state index in [1.54, 1.807) is 6.20 Å². The molecule has 0 aliphatic heterocycles. The molecule has 1 saturated carbocycles. The molecule has 1 N–H and O–H groups in total. The highest BCUT2D eigenvalue weighted by Gasteiger charge is 2.32. The second-order valence-electron chi connectivity index (χ2n) is 4.22. The van der Waals surface area contributed by atoms with Crippen LogP contribution in [0.1, 0.15) is 24.5 Å². The number of aliphatic hydroxyl groups is 1. The molecule has 0 saturated heterocycles. The Bertz CT molecular complexity index is 473. The van der Waals surface area contributed by atoms with Crippen LogP contribution in [0.15, 0.2) is 24.9 Å².